The molecule has 1 N–H and O–H groups in total. The lowest BCUT2D eigenvalue weighted by Gasteiger charge is -2.07. The van der Waals surface area contributed by atoms with Crippen LogP contribution in [0, 0.1) is 24.0 Å². The van der Waals surface area contributed by atoms with Gasteiger partial charge in [0.2, 0.25) is 5.91 Å². The van der Waals surface area contributed by atoms with Crippen molar-refractivity contribution >= 4 is 27.5 Å². The summed E-state index contributed by atoms with van der Waals surface area (Å²) < 4.78 is 27.1. The molecule has 0 aliphatic carbocycles. The minimum Gasteiger partial charge on any atom is -0.321 e. The Labute approximate surface area is 113 Å². The number of carbonyl (C=O) groups is 1. The number of amides is 1. The lowest BCUT2D eigenvalue weighted by atomic mass is 10.2. The van der Waals surface area contributed by atoms with E-state index in [-0.39, 0.29) is 10.9 Å². The highest BCUT2D eigenvalue weighted by molar-refractivity contribution is 9.10. The fourth-order valence-electron chi connectivity index (χ4n) is 1.38. The van der Waals surface area contributed by atoms with Gasteiger partial charge in [-0.25, -0.2) is 8.78 Å². The average molecular weight is 316 g/mol. The van der Waals surface area contributed by atoms with E-state index in [1.165, 1.54) is 0 Å². The van der Waals surface area contributed by atoms with Crippen molar-refractivity contribution in [3.8, 4) is 12.3 Å². The molecule has 1 aromatic rings. The van der Waals surface area contributed by atoms with Crippen LogP contribution in [0.4, 0.5) is 14.5 Å². The van der Waals surface area contributed by atoms with Crippen molar-refractivity contribution in [1.29, 1.82) is 0 Å². The lowest BCUT2D eigenvalue weighted by Crippen LogP contribution is -2.13. The summed E-state index contributed by atoms with van der Waals surface area (Å²) in [7, 11) is 0. The van der Waals surface area contributed by atoms with Gasteiger partial charge in [-0.1, -0.05) is 15.9 Å². The van der Waals surface area contributed by atoms with E-state index in [1.54, 1.807) is 0 Å². The molecule has 0 spiro atoms. The molecule has 5 heteroatoms. The highest BCUT2D eigenvalue weighted by atomic mass is 79.9. The SMILES string of the molecule is C#CCCCCC(=O)Nc1c(F)cc(Br)cc1F. The molecule has 0 atom stereocenters. The fraction of sp³-hybridized carbons (Fsp3) is 0.308. The number of hydrogen-bond donors (Lipinski definition) is 1. The van der Waals surface area contributed by atoms with Crippen molar-refractivity contribution in [2.45, 2.75) is 25.7 Å². The van der Waals surface area contributed by atoms with E-state index in [0.717, 1.165) is 18.6 Å². The molecule has 1 amide bonds. The fourth-order valence-corrected chi connectivity index (χ4v) is 1.78. The Morgan fingerprint density at radius 2 is 1.94 bits per heavy atom. The van der Waals surface area contributed by atoms with Crippen molar-refractivity contribution < 1.29 is 13.6 Å². The Morgan fingerprint density at radius 3 is 2.50 bits per heavy atom. The van der Waals surface area contributed by atoms with Crippen molar-refractivity contribution in [2.24, 2.45) is 0 Å². The van der Waals surface area contributed by atoms with Gasteiger partial charge in [-0.15, -0.1) is 12.3 Å². The largest absolute Gasteiger partial charge is 0.321 e. The Kier molecular flexibility index (Phi) is 5.79. The van der Waals surface area contributed by atoms with Crippen molar-refractivity contribution in [1.82, 2.24) is 0 Å². The minimum atomic E-state index is -0.807. The number of nitrogens with one attached hydrogen (secondary N) is 1. The normalized spacial score (nSPS) is 9.89. The second kappa shape index (κ2) is 7.12. The topological polar surface area (TPSA) is 29.1 Å². The van der Waals surface area contributed by atoms with Crippen LogP contribution in [0.3, 0.4) is 0 Å². The molecule has 0 radical (unpaired) electrons. The zero-order valence-corrected chi connectivity index (χ0v) is 11.2. The first-order chi connectivity index (χ1) is 8.54. The third-order valence-electron chi connectivity index (χ3n) is 2.25. The lowest BCUT2D eigenvalue weighted by molar-refractivity contribution is -0.116. The predicted molar refractivity (Wildman–Crippen MR) is 70.0 cm³/mol. The zero-order chi connectivity index (χ0) is 13.5. The van der Waals surface area contributed by atoms with Crippen molar-refractivity contribution in [2.75, 3.05) is 5.32 Å². The summed E-state index contributed by atoms with van der Waals surface area (Å²) in [4.78, 5) is 11.5. The maximum Gasteiger partial charge on any atom is 0.224 e. The van der Waals surface area contributed by atoms with E-state index in [1.807, 2.05) is 0 Å². The quantitative estimate of drug-likeness (QED) is 0.649. The molecular formula is C13H12BrF2NO. The third-order valence-corrected chi connectivity index (χ3v) is 2.70. The molecule has 2 nitrogen and oxygen atoms in total. The van der Waals surface area contributed by atoms with E-state index in [9.17, 15) is 13.6 Å². The first kappa shape index (κ1) is 14.7. The second-order valence-corrected chi connectivity index (χ2v) is 4.62. The number of benzene rings is 1. The summed E-state index contributed by atoms with van der Waals surface area (Å²) in [6.07, 6.45) is 7.16. The summed E-state index contributed by atoms with van der Waals surface area (Å²) in [5.74, 6) is 0.421. The summed E-state index contributed by atoms with van der Waals surface area (Å²) in [6, 6.07) is 2.19. The number of halogens is 3. The predicted octanol–water partition coefficient (Wildman–Crippen LogP) is 3.86. The Hall–Kier alpha value is -1.41. The van der Waals surface area contributed by atoms with Gasteiger partial charge < -0.3 is 5.32 Å². The molecule has 0 saturated carbocycles. The van der Waals surface area contributed by atoms with E-state index in [4.69, 9.17) is 6.42 Å². The monoisotopic (exact) mass is 315 g/mol. The highest BCUT2D eigenvalue weighted by Crippen LogP contribution is 2.23. The minimum absolute atomic E-state index is 0.191. The van der Waals surface area contributed by atoms with Crippen LogP contribution in [0.1, 0.15) is 25.7 Å². The van der Waals surface area contributed by atoms with Gasteiger partial charge in [-0.2, -0.15) is 0 Å². The van der Waals surface area contributed by atoms with Crippen LogP contribution >= 0.6 is 15.9 Å². The average Bonchev–Trinajstić information content (AvgIpc) is 2.29. The van der Waals surface area contributed by atoms with Crippen LogP contribution in [-0.4, -0.2) is 5.91 Å². The van der Waals surface area contributed by atoms with E-state index < -0.39 is 23.2 Å². The standard InChI is InChI=1S/C13H12BrF2NO/c1-2-3-4-5-6-12(18)17-13-10(15)7-9(14)8-11(13)16/h1,7-8H,3-6H2,(H,17,18). The highest BCUT2D eigenvalue weighted by Gasteiger charge is 2.13. The molecule has 0 fully saturated rings. The molecule has 18 heavy (non-hydrogen) atoms. The van der Waals surface area contributed by atoms with Crippen molar-refractivity contribution in [3.63, 3.8) is 0 Å². The molecular weight excluding hydrogens is 304 g/mol. The molecule has 0 aliphatic heterocycles. The number of terminal acetylenes is 1. The molecule has 1 aromatic carbocycles. The van der Waals surface area contributed by atoms with Gasteiger partial charge in [0.1, 0.15) is 5.69 Å². The van der Waals surface area contributed by atoms with E-state index in [2.05, 4.69) is 27.2 Å². The maximum atomic E-state index is 13.4. The number of hydrogen-bond acceptors (Lipinski definition) is 1. The number of carbonyl (C=O) groups excluding carboxylic acids is 1. The zero-order valence-electron chi connectivity index (χ0n) is 9.60. The van der Waals surface area contributed by atoms with Crippen LogP contribution in [0.5, 0.6) is 0 Å². The first-order valence-electron chi connectivity index (χ1n) is 5.42. The number of rotatable bonds is 5. The van der Waals surface area contributed by atoms with Crippen LogP contribution in [0.25, 0.3) is 0 Å². The number of unbranched alkanes of at least 4 members (excludes halogenated alkanes) is 2. The Morgan fingerprint density at radius 1 is 1.33 bits per heavy atom. The number of anilines is 1. The molecule has 0 unspecified atom stereocenters. The second-order valence-electron chi connectivity index (χ2n) is 3.70. The van der Waals surface area contributed by atoms with Crippen molar-refractivity contribution in [3.05, 3.63) is 28.2 Å². The third kappa shape index (κ3) is 4.46. The summed E-state index contributed by atoms with van der Waals surface area (Å²) in [6.45, 7) is 0. The van der Waals surface area contributed by atoms with Gasteiger partial charge in [0, 0.05) is 17.3 Å². The Balaban J connectivity index is 2.57. The van der Waals surface area contributed by atoms with E-state index in [0.29, 0.717) is 12.8 Å². The molecule has 96 valence electrons. The molecule has 0 heterocycles. The molecule has 0 bridgehead atoms. The summed E-state index contributed by atoms with van der Waals surface area (Å²) in [5.41, 5.74) is -0.417. The van der Waals surface area contributed by atoms with Gasteiger partial charge in [0.05, 0.1) is 0 Å². The molecule has 0 saturated heterocycles. The van der Waals surface area contributed by atoms with Crippen LogP contribution in [-0.2, 0) is 4.79 Å². The Bertz CT molecular complexity index is 459. The first-order valence-corrected chi connectivity index (χ1v) is 6.21. The molecule has 1 rings (SSSR count). The molecule has 0 aromatic heterocycles. The van der Waals surface area contributed by atoms with Gasteiger partial charge in [0.25, 0.3) is 0 Å². The van der Waals surface area contributed by atoms with Crippen LogP contribution in [0.2, 0.25) is 0 Å². The smallest absolute Gasteiger partial charge is 0.224 e. The van der Waals surface area contributed by atoms with Gasteiger partial charge in [-0.05, 0) is 25.0 Å². The van der Waals surface area contributed by atoms with Gasteiger partial charge in [0.15, 0.2) is 11.6 Å². The van der Waals surface area contributed by atoms with Gasteiger partial charge in [-0.3, -0.25) is 4.79 Å². The maximum absolute atomic E-state index is 13.4. The van der Waals surface area contributed by atoms with E-state index >= 15 is 0 Å². The molecule has 0 aliphatic rings. The van der Waals surface area contributed by atoms with Crippen LogP contribution < -0.4 is 5.32 Å². The summed E-state index contributed by atoms with van der Waals surface area (Å²) >= 11 is 2.96. The van der Waals surface area contributed by atoms with Gasteiger partial charge >= 0.3 is 0 Å². The van der Waals surface area contributed by atoms with Crippen LogP contribution in [0.15, 0.2) is 16.6 Å². The summed E-state index contributed by atoms with van der Waals surface area (Å²) in [5, 5.41) is 2.22.